The molecule has 0 saturated heterocycles. The molecule has 2 rings (SSSR count). The third kappa shape index (κ3) is 2.44. The van der Waals surface area contributed by atoms with Crippen molar-refractivity contribution in [3.63, 3.8) is 0 Å². The highest BCUT2D eigenvalue weighted by Gasteiger charge is 2.11. The Labute approximate surface area is 102 Å². The van der Waals surface area contributed by atoms with Crippen LogP contribution in [0.4, 0.5) is 0 Å². The highest BCUT2D eigenvalue weighted by atomic mass is 15.0. The number of aromatic nitrogens is 2. The molecule has 17 heavy (non-hydrogen) atoms. The fraction of sp³-hybridized carbons (Fsp3) is 0.429. The molecule has 0 aliphatic carbocycles. The van der Waals surface area contributed by atoms with Crippen molar-refractivity contribution in [2.45, 2.75) is 32.7 Å². The number of fused-ring (bicyclic) bond motifs is 1. The van der Waals surface area contributed by atoms with E-state index in [2.05, 4.69) is 47.3 Å². The van der Waals surface area contributed by atoms with E-state index < -0.39 is 0 Å². The molecule has 0 saturated carbocycles. The van der Waals surface area contributed by atoms with Gasteiger partial charge in [-0.05, 0) is 25.5 Å². The van der Waals surface area contributed by atoms with Crippen LogP contribution in [0, 0.1) is 0 Å². The fourth-order valence-electron chi connectivity index (χ4n) is 1.96. The van der Waals surface area contributed by atoms with E-state index >= 15 is 0 Å². The summed E-state index contributed by atoms with van der Waals surface area (Å²) in [5.41, 5.74) is 2.21. The normalized spacial score (nSPS) is 12.9. The van der Waals surface area contributed by atoms with Crippen molar-refractivity contribution in [3.05, 3.63) is 35.8 Å². The lowest BCUT2D eigenvalue weighted by Gasteiger charge is -2.13. The van der Waals surface area contributed by atoms with Gasteiger partial charge >= 0.3 is 0 Å². The van der Waals surface area contributed by atoms with E-state index in [1.54, 1.807) is 0 Å². The Bertz CT molecular complexity index is 508. The lowest BCUT2D eigenvalue weighted by Crippen LogP contribution is -2.11. The monoisotopic (exact) mass is 229 g/mol. The predicted octanol–water partition coefficient (Wildman–Crippen LogP) is 2.86. The van der Waals surface area contributed by atoms with Gasteiger partial charge in [-0.1, -0.05) is 32.0 Å². The second-order valence-corrected chi connectivity index (χ2v) is 4.38. The maximum absolute atomic E-state index is 4.69. The summed E-state index contributed by atoms with van der Waals surface area (Å²) < 4.78 is 0. The average molecular weight is 229 g/mol. The van der Waals surface area contributed by atoms with Crippen molar-refractivity contribution in [2.24, 2.45) is 0 Å². The minimum atomic E-state index is 0.471. The van der Waals surface area contributed by atoms with Gasteiger partial charge in [-0.25, -0.2) is 9.97 Å². The van der Waals surface area contributed by atoms with E-state index in [1.165, 1.54) is 11.1 Å². The molecular weight excluding hydrogens is 210 g/mol. The predicted molar refractivity (Wildman–Crippen MR) is 71.0 cm³/mol. The summed E-state index contributed by atoms with van der Waals surface area (Å²) in [5.74, 6) is 1.35. The molecule has 1 atom stereocenters. The first-order valence-electron chi connectivity index (χ1n) is 6.16. The van der Waals surface area contributed by atoms with Crippen LogP contribution in [-0.2, 0) is 6.54 Å². The van der Waals surface area contributed by atoms with Gasteiger partial charge in [-0.15, -0.1) is 0 Å². The number of para-hydroxylation sites is 1. The molecule has 3 nitrogen and oxygen atoms in total. The highest BCUT2D eigenvalue weighted by Crippen LogP contribution is 2.24. The van der Waals surface area contributed by atoms with Crippen molar-refractivity contribution in [1.29, 1.82) is 0 Å². The lowest BCUT2D eigenvalue weighted by molar-refractivity contribution is 0.689. The van der Waals surface area contributed by atoms with Gasteiger partial charge in [-0.3, -0.25) is 0 Å². The van der Waals surface area contributed by atoms with Crippen LogP contribution in [0.5, 0.6) is 0 Å². The number of rotatable bonds is 4. The number of hydrogen-bond acceptors (Lipinski definition) is 3. The lowest BCUT2D eigenvalue weighted by atomic mass is 10.0. The van der Waals surface area contributed by atoms with E-state index in [0.717, 1.165) is 17.8 Å². The zero-order valence-corrected chi connectivity index (χ0v) is 10.7. The van der Waals surface area contributed by atoms with Crippen LogP contribution in [-0.4, -0.2) is 17.0 Å². The van der Waals surface area contributed by atoms with E-state index in [0.29, 0.717) is 12.5 Å². The third-order valence-electron chi connectivity index (χ3n) is 3.09. The molecule has 0 bridgehead atoms. The van der Waals surface area contributed by atoms with Crippen LogP contribution in [0.3, 0.4) is 0 Å². The van der Waals surface area contributed by atoms with Crippen LogP contribution >= 0.6 is 0 Å². The summed E-state index contributed by atoms with van der Waals surface area (Å²) in [4.78, 5) is 9.26. The Morgan fingerprint density at radius 2 is 2.00 bits per heavy atom. The van der Waals surface area contributed by atoms with Gasteiger partial charge in [0.15, 0.2) is 0 Å². The van der Waals surface area contributed by atoms with E-state index in [4.69, 9.17) is 0 Å². The molecule has 1 N–H and O–H groups in total. The zero-order valence-electron chi connectivity index (χ0n) is 10.7. The van der Waals surface area contributed by atoms with Crippen molar-refractivity contribution in [1.82, 2.24) is 15.3 Å². The van der Waals surface area contributed by atoms with Crippen LogP contribution in [0.1, 0.15) is 37.7 Å². The first-order valence-corrected chi connectivity index (χ1v) is 6.16. The zero-order chi connectivity index (χ0) is 12.3. The van der Waals surface area contributed by atoms with Crippen molar-refractivity contribution < 1.29 is 0 Å². The quantitative estimate of drug-likeness (QED) is 0.876. The molecule has 2 aromatic rings. The summed E-state index contributed by atoms with van der Waals surface area (Å²) >= 11 is 0. The molecule has 3 heteroatoms. The maximum atomic E-state index is 4.69. The van der Waals surface area contributed by atoms with Crippen LogP contribution < -0.4 is 5.32 Å². The van der Waals surface area contributed by atoms with Crippen LogP contribution in [0.25, 0.3) is 10.9 Å². The van der Waals surface area contributed by atoms with Crippen LogP contribution in [0.2, 0.25) is 0 Å². The molecule has 1 unspecified atom stereocenters. The standard InChI is InChI=1S/C14H19N3/c1-4-10(2)14-11-7-5-6-8-12(11)16-13(17-14)9-15-3/h5-8,10,15H,4,9H2,1-3H3. The molecular formula is C14H19N3. The smallest absolute Gasteiger partial charge is 0.143 e. The first-order chi connectivity index (χ1) is 8.26. The van der Waals surface area contributed by atoms with Gasteiger partial charge in [0.05, 0.1) is 17.8 Å². The van der Waals surface area contributed by atoms with Crippen LogP contribution in [0.15, 0.2) is 24.3 Å². The Morgan fingerprint density at radius 3 is 2.71 bits per heavy atom. The third-order valence-corrected chi connectivity index (χ3v) is 3.09. The minimum absolute atomic E-state index is 0.471. The number of nitrogens with one attached hydrogen (secondary N) is 1. The Balaban J connectivity index is 2.60. The highest BCUT2D eigenvalue weighted by molar-refractivity contribution is 5.81. The summed E-state index contributed by atoms with van der Waals surface area (Å²) in [6, 6.07) is 8.25. The fourth-order valence-corrected chi connectivity index (χ4v) is 1.96. The average Bonchev–Trinajstić information content (AvgIpc) is 2.37. The Hall–Kier alpha value is -1.48. The first kappa shape index (κ1) is 12.0. The maximum Gasteiger partial charge on any atom is 0.143 e. The van der Waals surface area contributed by atoms with Gasteiger partial charge in [0.2, 0.25) is 0 Å². The topological polar surface area (TPSA) is 37.8 Å². The van der Waals surface area contributed by atoms with Crippen molar-refractivity contribution in [3.8, 4) is 0 Å². The number of benzene rings is 1. The van der Waals surface area contributed by atoms with Gasteiger partial charge in [-0.2, -0.15) is 0 Å². The van der Waals surface area contributed by atoms with E-state index in [1.807, 2.05) is 13.1 Å². The summed E-state index contributed by atoms with van der Waals surface area (Å²) in [7, 11) is 1.92. The summed E-state index contributed by atoms with van der Waals surface area (Å²) in [6.07, 6.45) is 1.10. The molecule has 0 fully saturated rings. The Kier molecular flexibility index (Phi) is 3.69. The number of hydrogen-bond donors (Lipinski definition) is 1. The summed E-state index contributed by atoms with van der Waals surface area (Å²) in [6.45, 7) is 5.13. The summed E-state index contributed by atoms with van der Waals surface area (Å²) in [5, 5.41) is 4.29. The van der Waals surface area contributed by atoms with Crippen molar-refractivity contribution >= 4 is 10.9 Å². The molecule has 0 aliphatic heterocycles. The molecule has 1 aromatic carbocycles. The molecule has 0 aliphatic rings. The SMILES string of the molecule is CCC(C)c1nc(CNC)nc2ccccc12. The second kappa shape index (κ2) is 5.23. The minimum Gasteiger partial charge on any atom is -0.313 e. The molecule has 0 amide bonds. The van der Waals surface area contributed by atoms with Gasteiger partial charge in [0, 0.05) is 5.39 Å². The largest absolute Gasteiger partial charge is 0.313 e. The van der Waals surface area contributed by atoms with Gasteiger partial charge in [0.1, 0.15) is 5.82 Å². The molecule has 1 aromatic heterocycles. The molecule has 1 heterocycles. The van der Waals surface area contributed by atoms with E-state index in [9.17, 15) is 0 Å². The van der Waals surface area contributed by atoms with Gasteiger partial charge in [0.25, 0.3) is 0 Å². The van der Waals surface area contributed by atoms with Gasteiger partial charge < -0.3 is 5.32 Å². The van der Waals surface area contributed by atoms with E-state index in [-0.39, 0.29) is 0 Å². The molecule has 0 radical (unpaired) electrons. The van der Waals surface area contributed by atoms with Crippen molar-refractivity contribution in [2.75, 3.05) is 7.05 Å². The number of nitrogens with zero attached hydrogens (tertiary/aromatic N) is 2. The second-order valence-electron chi connectivity index (χ2n) is 4.38. The molecule has 0 spiro atoms. The molecule has 90 valence electrons. The Morgan fingerprint density at radius 1 is 1.24 bits per heavy atom.